The molecule has 1 atom stereocenters. The third-order valence-corrected chi connectivity index (χ3v) is 5.43. The maximum atomic E-state index is 13.2. The van der Waals surface area contributed by atoms with Crippen molar-refractivity contribution in [2.75, 3.05) is 20.2 Å². The van der Waals surface area contributed by atoms with Crippen LogP contribution in [0.2, 0.25) is 0 Å². The Morgan fingerprint density at radius 1 is 1.17 bits per heavy atom. The van der Waals surface area contributed by atoms with Gasteiger partial charge in [0.1, 0.15) is 0 Å². The highest BCUT2D eigenvalue weighted by Gasteiger charge is 2.28. The summed E-state index contributed by atoms with van der Waals surface area (Å²) in [5, 5.41) is 9.84. The number of para-hydroxylation sites is 1. The summed E-state index contributed by atoms with van der Waals surface area (Å²) in [6.07, 6.45) is 1.75. The first-order valence-electron chi connectivity index (χ1n) is 9.60. The average Bonchev–Trinajstić information content (AvgIpc) is 3.21. The Morgan fingerprint density at radius 3 is 2.66 bits per heavy atom. The minimum atomic E-state index is -0.922. The van der Waals surface area contributed by atoms with Crippen LogP contribution in [0.15, 0.2) is 54.6 Å². The molecule has 6 heteroatoms. The molecule has 0 bridgehead atoms. The van der Waals surface area contributed by atoms with E-state index < -0.39 is 5.97 Å². The van der Waals surface area contributed by atoms with Gasteiger partial charge in [0.15, 0.2) is 0 Å². The van der Waals surface area contributed by atoms with Gasteiger partial charge in [0.25, 0.3) is 5.91 Å². The number of benzene rings is 2. The van der Waals surface area contributed by atoms with Gasteiger partial charge in [0.2, 0.25) is 5.88 Å². The molecule has 0 spiro atoms. The first kappa shape index (κ1) is 18.9. The second-order valence-corrected chi connectivity index (χ2v) is 7.34. The molecule has 1 N–H and O–H groups in total. The van der Waals surface area contributed by atoms with Crippen molar-refractivity contribution < 1.29 is 19.4 Å². The summed E-state index contributed by atoms with van der Waals surface area (Å²) in [5.74, 6) is -0.147. The molecule has 4 rings (SSSR count). The fourth-order valence-electron chi connectivity index (χ4n) is 3.90. The number of carboxylic acids is 1. The van der Waals surface area contributed by atoms with E-state index in [9.17, 15) is 9.59 Å². The second-order valence-electron chi connectivity index (χ2n) is 7.34. The van der Waals surface area contributed by atoms with Crippen LogP contribution in [0.3, 0.4) is 0 Å². The number of hydrogen-bond acceptors (Lipinski definition) is 4. The SMILES string of the molecule is COc1cc(C(=O)N2CCC(Cc3ccc(C(=O)O)cc3)C2)c2ccccc2n1. The first-order valence-corrected chi connectivity index (χ1v) is 9.60. The van der Waals surface area contributed by atoms with Crippen LogP contribution in [0.25, 0.3) is 10.9 Å². The molecule has 29 heavy (non-hydrogen) atoms. The molecular weight excluding hydrogens is 368 g/mol. The van der Waals surface area contributed by atoms with Gasteiger partial charge in [-0.25, -0.2) is 9.78 Å². The van der Waals surface area contributed by atoms with Gasteiger partial charge < -0.3 is 14.7 Å². The average molecular weight is 390 g/mol. The number of methoxy groups -OCH3 is 1. The largest absolute Gasteiger partial charge is 0.481 e. The molecular formula is C23H22N2O4. The Balaban J connectivity index is 1.50. The number of ether oxygens (including phenoxy) is 1. The van der Waals surface area contributed by atoms with Gasteiger partial charge in [0, 0.05) is 24.5 Å². The number of rotatable bonds is 5. The first-order chi connectivity index (χ1) is 14.0. The zero-order valence-electron chi connectivity index (χ0n) is 16.2. The molecule has 1 unspecified atom stereocenters. The number of pyridine rings is 1. The predicted octanol–water partition coefficient (Wildman–Crippen LogP) is 3.65. The highest BCUT2D eigenvalue weighted by molar-refractivity contribution is 6.06. The van der Waals surface area contributed by atoms with E-state index in [1.807, 2.05) is 41.3 Å². The molecule has 1 aliphatic heterocycles. The lowest BCUT2D eigenvalue weighted by atomic mass is 9.98. The van der Waals surface area contributed by atoms with E-state index in [4.69, 9.17) is 9.84 Å². The monoisotopic (exact) mass is 390 g/mol. The van der Waals surface area contributed by atoms with Gasteiger partial charge >= 0.3 is 5.97 Å². The highest BCUT2D eigenvalue weighted by atomic mass is 16.5. The molecule has 0 radical (unpaired) electrons. The van der Waals surface area contributed by atoms with Gasteiger partial charge in [-0.1, -0.05) is 30.3 Å². The lowest BCUT2D eigenvalue weighted by Crippen LogP contribution is -2.29. The van der Waals surface area contributed by atoms with Crippen molar-refractivity contribution in [1.29, 1.82) is 0 Å². The van der Waals surface area contributed by atoms with Crippen LogP contribution < -0.4 is 4.74 Å². The van der Waals surface area contributed by atoms with Gasteiger partial charge in [-0.15, -0.1) is 0 Å². The van der Waals surface area contributed by atoms with Crippen molar-refractivity contribution in [1.82, 2.24) is 9.88 Å². The maximum absolute atomic E-state index is 13.2. The Kier molecular flexibility index (Phi) is 5.16. The number of aromatic nitrogens is 1. The molecule has 1 saturated heterocycles. The summed E-state index contributed by atoms with van der Waals surface area (Å²) in [4.78, 5) is 30.5. The Bertz CT molecular complexity index is 1060. The van der Waals surface area contributed by atoms with E-state index in [1.54, 1.807) is 25.3 Å². The maximum Gasteiger partial charge on any atom is 0.335 e. The second kappa shape index (κ2) is 7.91. The number of aromatic carboxylic acids is 1. The summed E-state index contributed by atoms with van der Waals surface area (Å²) >= 11 is 0. The molecule has 1 aliphatic rings. The number of carboxylic acid groups (broad SMARTS) is 1. The third kappa shape index (κ3) is 3.92. The molecule has 0 saturated carbocycles. The predicted molar refractivity (Wildman–Crippen MR) is 109 cm³/mol. The number of amides is 1. The minimum Gasteiger partial charge on any atom is -0.481 e. The zero-order valence-corrected chi connectivity index (χ0v) is 16.2. The number of hydrogen-bond donors (Lipinski definition) is 1. The zero-order chi connectivity index (χ0) is 20.4. The summed E-state index contributed by atoms with van der Waals surface area (Å²) in [7, 11) is 1.55. The topological polar surface area (TPSA) is 79.7 Å². The summed E-state index contributed by atoms with van der Waals surface area (Å²) < 4.78 is 5.28. The molecule has 2 heterocycles. The van der Waals surface area contributed by atoms with Crippen LogP contribution in [0.1, 0.15) is 32.7 Å². The highest BCUT2D eigenvalue weighted by Crippen LogP contribution is 2.27. The van der Waals surface area contributed by atoms with Gasteiger partial charge in [-0.2, -0.15) is 0 Å². The third-order valence-electron chi connectivity index (χ3n) is 5.43. The lowest BCUT2D eigenvalue weighted by molar-refractivity contribution is 0.0696. The van der Waals surface area contributed by atoms with Crippen molar-refractivity contribution >= 4 is 22.8 Å². The molecule has 1 amide bonds. The smallest absolute Gasteiger partial charge is 0.335 e. The fourth-order valence-corrected chi connectivity index (χ4v) is 3.90. The summed E-state index contributed by atoms with van der Waals surface area (Å²) in [6.45, 7) is 1.38. The Morgan fingerprint density at radius 2 is 1.93 bits per heavy atom. The van der Waals surface area contributed by atoms with E-state index in [-0.39, 0.29) is 11.5 Å². The standard InChI is InChI=1S/C23H22N2O4/c1-29-21-13-19(18-4-2-3-5-20(18)24-21)22(26)25-11-10-16(14-25)12-15-6-8-17(9-7-15)23(27)28/h2-9,13,16H,10-12,14H2,1H3,(H,27,28). The van der Waals surface area contributed by atoms with Gasteiger partial charge in [-0.05, 0) is 42.5 Å². The number of carbonyl (C=O) groups is 2. The normalized spacial score (nSPS) is 16.2. The van der Waals surface area contributed by atoms with Crippen molar-refractivity contribution in [2.24, 2.45) is 5.92 Å². The number of likely N-dealkylation sites (tertiary alicyclic amines) is 1. The van der Waals surface area contributed by atoms with Crippen molar-refractivity contribution in [3.05, 3.63) is 71.3 Å². The number of nitrogens with zero attached hydrogens (tertiary/aromatic N) is 2. The van der Waals surface area contributed by atoms with Gasteiger partial charge in [-0.3, -0.25) is 4.79 Å². The van der Waals surface area contributed by atoms with E-state index in [0.717, 1.165) is 29.3 Å². The Hall–Kier alpha value is -3.41. The van der Waals surface area contributed by atoms with Gasteiger partial charge in [0.05, 0.1) is 23.8 Å². The molecule has 148 valence electrons. The van der Waals surface area contributed by atoms with Crippen LogP contribution >= 0.6 is 0 Å². The van der Waals surface area contributed by atoms with E-state index in [0.29, 0.717) is 30.5 Å². The van der Waals surface area contributed by atoms with Crippen molar-refractivity contribution in [2.45, 2.75) is 12.8 Å². The molecule has 6 nitrogen and oxygen atoms in total. The van der Waals surface area contributed by atoms with Crippen molar-refractivity contribution in [3.63, 3.8) is 0 Å². The number of fused-ring (bicyclic) bond motifs is 1. The fraction of sp³-hybridized carbons (Fsp3) is 0.261. The molecule has 2 aromatic carbocycles. The molecule has 3 aromatic rings. The summed E-state index contributed by atoms with van der Waals surface area (Å²) in [5.41, 5.74) is 2.73. The number of carbonyl (C=O) groups excluding carboxylic acids is 1. The van der Waals surface area contributed by atoms with E-state index in [2.05, 4.69) is 4.98 Å². The van der Waals surface area contributed by atoms with Crippen LogP contribution in [0.4, 0.5) is 0 Å². The lowest BCUT2D eigenvalue weighted by Gasteiger charge is -2.18. The molecule has 0 aliphatic carbocycles. The van der Waals surface area contributed by atoms with Crippen LogP contribution in [-0.4, -0.2) is 47.1 Å². The van der Waals surface area contributed by atoms with Crippen LogP contribution in [0.5, 0.6) is 5.88 Å². The quantitative estimate of drug-likeness (QED) is 0.719. The molecule has 1 aromatic heterocycles. The minimum absolute atomic E-state index is 0.00868. The summed E-state index contributed by atoms with van der Waals surface area (Å²) in [6, 6.07) is 16.3. The van der Waals surface area contributed by atoms with Crippen LogP contribution in [-0.2, 0) is 6.42 Å². The van der Waals surface area contributed by atoms with E-state index in [1.165, 1.54) is 0 Å². The van der Waals surface area contributed by atoms with Crippen molar-refractivity contribution in [3.8, 4) is 5.88 Å². The van der Waals surface area contributed by atoms with E-state index >= 15 is 0 Å². The van der Waals surface area contributed by atoms with Crippen LogP contribution in [0, 0.1) is 5.92 Å². The Labute approximate surface area is 168 Å². The molecule has 1 fully saturated rings.